The summed E-state index contributed by atoms with van der Waals surface area (Å²) in [6, 6.07) is 20.9. The summed E-state index contributed by atoms with van der Waals surface area (Å²) in [6.45, 7) is 1.64. The minimum absolute atomic E-state index is 0.0922. The second kappa shape index (κ2) is 8.75. The monoisotopic (exact) mass is 416 g/mol. The molecule has 0 fully saturated rings. The highest BCUT2D eigenvalue weighted by atomic mass is 16.5. The van der Waals surface area contributed by atoms with Gasteiger partial charge in [0.1, 0.15) is 28.6 Å². The molecule has 0 radical (unpaired) electrons. The number of carbonyl (C=O) groups is 1. The minimum atomic E-state index is -0.400. The molecule has 0 aliphatic heterocycles. The first-order valence-electron chi connectivity index (χ1n) is 9.67. The number of aryl methyl sites for hydroxylation is 1. The maximum absolute atomic E-state index is 13.0. The van der Waals surface area contributed by atoms with E-state index in [1.54, 1.807) is 50.4 Å². The van der Waals surface area contributed by atoms with Crippen molar-refractivity contribution in [3.05, 3.63) is 94.3 Å². The number of carbonyl (C=O) groups excluding carboxylic acids is 1. The molecular formula is C25H20O6. The lowest BCUT2D eigenvalue weighted by Gasteiger charge is -2.10. The lowest BCUT2D eigenvalue weighted by molar-refractivity contribution is -0.133. The second-order valence-electron chi connectivity index (χ2n) is 6.89. The van der Waals surface area contributed by atoms with E-state index in [4.69, 9.17) is 18.6 Å². The first-order valence-corrected chi connectivity index (χ1v) is 9.67. The summed E-state index contributed by atoms with van der Waals surface area (Å²) in [7, 11) is 1.55. The van der Waals surface area contributed by atoms with Crippen molar-refractivity contribution in [3.8, 4) is 23.0 Å². The molecule has 0 N–H and O–H groups in total. The van der Waals surface area contributed by atoms with Gasteiger partial charge in [0.25, 0.3) is 0 Å². The van der Waals surface area contributed by atoms with E-state index in [9.17, 15) is 9.59 Å². The number of esters is 1. The van der Waals surface area contributed by atoms with E-state index in [1.807, 2.05) is 30.3 Å². The fraction of sp³-hybridized carbons (Fsp3) is 0.120. The standard InChI is InChI=1S/C25H20O6/c1-16-25(31-19-10-6-9-18(14-19)28-2)24(27)21-12-11-20(15-22(21)29-16)30-23(26)13-17-7-4-3-5-8-17/h3-12,14-15H,13H2,1-2H3. The highest BCUT2D eigenvalue weighted by Crippen LogP contribution is 2.29. The Morgan fingerprint density at radius 2 is 1.68 bits per heavy atom. The first-order chi connectivity index (χ1) is 15.0. The van der Waals surface area contributed by atoms with E-state index in [0.717, 1.165) is 5.56 Å². The topological polar surface area (TPSA) is 75.0 Å². The summed E-state index contributed by atoms with van der Waals surface area (Å²) in [6.07, 6.45) is 0.148. The van der Waals surface area contributed by atoms with E-state index in [-0.39, 0.29) is 17.6 Å². The predicted octanol–water partition coefficient (Wildman–Crippen LogP) is 5.05. The summed E-state index contributed by atoms with van der Waals surface area (Å²) in [5.74, 6) is 1.38. The van der Waals surface area contributed by atoms with Gasteiger partial charge in [-0.3, -0.25) is 9.59 Å². The molecule has 6 heteroatoms. The number of rotatable bonds is 6. The van der Waals surface area contributed by atoms with Crippen LogP contribution in [0.15, 0.2) is 82.0 Å². The molecule has 0 saturated carbocycles. The van der Waals surface area contributed by atoms with Crippen molar-refractivity contribution in [1.29, 1.82) is 0 Å². The summed E-state index contributed by atoms with van der Waals surface area (Å²) in [5, 5.41) is 0.325. The van der Waals surface area contributed by atoms with Crippen LogP contribution in [0.2, 0.25) is 0 Å². The zero-order chi connectivity index (χ0) is 21.8. The third kappa shape index (κ3) is 4.59. The minimum Gasteiger partial charge on any atom is -0.497 e. The van der Waals surface area contributed by atoms with Gasteiger partial charge in [0.2, 0.25) is 11.2 Å². The zero-order valence-electron chi connectivity index (χ0n) is 17.1. The summed E-state index contributed by atoms with van der Waals surface area (Å²) in [5.41, 5.74) is 0.851. The van der Waals surface area contributed by atoms with E-state index in [0.29, 0.717) is 34.0 Å². The maximum atomic E-state index is 13.0. The Bertz CT molecular complexity index is 1290. The van der Waals surface area contributed by atoms with Crippen LogP contribution in [0.25, 0.3) is 11.0 Å². The van der Waals surface area contributed by atoms with Crippen molar-refractivity contribution >= 4 is 16.9 Å². The van der Waals surface area contributed by atoms with E-state index >= 15 is 0 Å². The molecule has 0 spiro atoms. The largest absolute Gasteiger partial charge is 0.497 e. The lowest BCUT2D eigenvalue weighted by Crippen LogP contribution is -2.11. The third-order valence-corrected chi connectivity index (χ3v) is 4.67. The smallest absolute Gasteiger partial charge is 0.315 e. The van der Waals surface area contributed by atoms with E-state index < -0.39 is 5.97 Å². The van der Waals surface area contributed by atoms with Crippen LogP contribution >= 0.6 is 0 Å². The van der Waals surface area contributed by atoms with E-state index in [2.05, 4.69) is 0 Å². The van der Waals surface area contributed by atoms with Crippen LogP contribution in [0.4, 0.5) is 0 Å². The fourth-order valence-corrected chi connectivity index (χ4v) is 3.16. The molecule has 0 atom stereocenters. The molecule has 4 aromatic rings. The molecule has 0 saturated heterocycles. The van der Waals surface area contributed by atoms with Gasteiger partial charge in [0.05, 0.1) is 18.9 Å². The Kier molecular flexibility index (Phi) is 5.71. The Hall–Kier alpha value is -4.06. The molecule has 0 aliphatic rings. The van der Waals surface area contributed by atoms with Gasteiger partial charge in [-0.25, -0.2) is 0 Å². The number of fused-ring (bicyclic) bond motifs is 1. The molecule has 0 amide bonds. The Morgan fingerprint density at radius 1 is 0.903 bits per heavy atom. The average molecular weight is 416 g/mol. The van der Waals surface area contributed by atoms with Crippen molar-refractivity contribution in [2.45, 2.75) is 13.3 Å². The van der Waals surface area contributed by atoms with Crippen LogP contribution in [0, 0.1) is 6.92 Å². The molecule has 1 aromatic heterocycles. The number of benzene rings is 3. The fourth-order valence-electron chi connectivity index (χ4n) is 3.16. The Labute approximate surface area is 178 Å². The zero-order valence-corrected chi connectivity index (χ0v) is 17.1. The number of methoxy groups -OCH3 is 1. The molecule has 0 unspecified atom stereocenters. The lowest BCUT2D eigenvalue weighted by atomic mass is 10.1. The van der Waals surface area contributed by atoms with Crippen LogP contribution in [-0.4, -0.2) is 13.1 Å². The van der Waals surface area contributed by atoms with Crippen molar-refractivity contribution in [2.24, 2.45) is 0 Å². The van der Waals surface area contributed by atoms with Gasteiger partial charge in [0, 0.05) is 12.1 Å². The predicted molar refractivity (Wildman–Crippen MR) is 116 cm³/mol. The van der Waals surface area contributed by atoms with Gasteiger partial charge in [-0.1, -0.05) is 36.4 Å². The van der Waals surface area contributed by atoms with Crippen LogP contribution in [0.5, 0.6) is 23.0 Å². The first kappa shape index (κ1) is 20.2. The SMILES string of the molecule is COc1cccc(Oc2c(C)oc3cc(OC(=O)Cc4ccccc4)ccc3c2=O)c1. The summed E-state index contributed by atoms with van der Waals surface area (Å²) in [4.78, 5) is 25.2. The number of ether oxygens (including phenoxy) is 3. The molecule has 156 valence electrons. The molecule has 1 heterocycles. The molecule has 0 aliphatic carbocycles. The van der Waals surface area contributed by atoms with Gasteiger partial charge in [-0.2, -0.15) is 0 Å². The number of hydrogen-bond acceptors (Lipinski definition) is 6. The third-order valence-electron chi connectivity index (χ3n) is 4.67. The maximum Gasteiger partial charge on any atom is 0.315 e. The number of hydrogen-bond donors (Lipinski definition) is 0. The average Bonchev–Trinajstić information content (AvgIpc) is 2.77. The van der Waals surface area contributed by atoms with Gasteiger partial charge in [-0.15, -0.1) is 0 Å². The second-order valence-corrected chi connectivity index (χ2v) is 6.89. The van der Waals surface area contributed by atoms with Crippen molar-refractivity contribution in [1.82, 2.24) is 0 Å². The van der Waals surface area contributed by atoms with Gasteiger partial charge < -0.3 is 18.6 Å². The van der Waals surface area contributed by atoms with Crippen molar-refractivity contribution in [3.63, 3.8) is 0 Å². The van der Waals surface area contributed by atoms with Crippen LogP contribution in [0.3, 0.4) is 0 Å². The van der Waals surface area contributed by atoms with Gasteiger partial charge in [-0.05, 0) is 36.8 Å². The highest BCUT2D eigenvalue weighted by Gasteiger charge is 2.16. The molecule has 3 aromatic carbocycles. The van der Waals surface area contributed by atoms with E-state index in [1.165, 1.54) is 6.07 Å². The van der Waals surface area contributed by atoms with Crippen LogP contribution in [0.1, 0.15) is 11.3 Å². The van der Waals surface area contributed by atoms with Crippen LogP contribution < -0.4 is 19.6 Å². The van der Waals surface area contributed by atoms with Crippen molar-refractivity contribution < 1.29 is 23.4 Å². The molecular weight excluding hydrogens is 396 g/mol. The quantitative estimate of drug-likeness (QED) is 0.323. The summed E-state index contributed by atoms with van der Waals surface area (Å²) >= 11 is 0. The van der Waals surface area contributed by atoms with Crippen LogP contribution in [-0.2, 0) is 11.2 Å². The molecule has 0 bridgehead atoms. The summed E-state index contributed by atoms with van der Waals surface area (Å²) < 4.78 is 22.2. The Balaban J connectivity index is 1.58. The highest BCUT2D eigenvalue weighted by molar-refractivity contribution is 5.81. The Morgan fingerprint density at radius 3 is 2.45 bits per heavy atom. The molecule has 4 rings (SSSR count). The molecule has 31 heavy (non-hydrogen) atoms. The van der Waals surface area contributed by atoms with Gasteiger partial charge >= 0.3 is 5.97 Å². The molecule has 6 nitrogen and oxygen atoms in total. The van der Waals surface area contributed by atoms with Crippen molar-refractivity contribution in [2.75, 3.05) is 7.11 Å². The normalized spacial score (nSPS) is 10.6. The van der Waals surface area contributed by atoms with Gasteiger partial charge in [0.15, 0.2) is 0 Å².